The van der Waals surface area contributed by atoms with Crippen LogP contribution in [0.5, 0.6) is 5.75 Å². The van der Waals surface area contributed by atoms with Gasteiger partial charge in [0.15, 0.2) is 0 Å². The van der Waals surface area contributed by atoms with Gasteiger partial charge in [-0.05, 0) is 55.8 Å². The molecule has 0 fully saturated rings. The monoisotopic (exact) mass is 605 g/mol. The Hall–Kier alpha value is -3.91. The number of fused-ring (bicyclic) bond motifs is 1. The summed E-state index contributed by atoms with van der Waals surface area (Å²) in [6.45, 7) is 2.36. The van der Waals surface area contributed by atoms with Gasteiger partial charge in [-0.15, -0.1) is 4.72 Å². The summed E-state index contributed by atoms with van der Waals surface area (Å²) in [7, 11) is -4.83. The summed E-state index contributed by atoms with van der Waals surface area (Å²) in [5, 5.41) is 24.9. The first-order chi connectivity index (χ1) is 19.9. The number of benzene rings is 3. The van der Waals surface area contributed by atoms with E-state index in [1.807, 2.05) is 30.3 Å². The van der Waals surface area contributed by atoms with E-state index in [0.29, 0.717) is 46.3 Å². The zero-order chi connectivity index (χ0) is 30.5. The molecule has 0 saturated carbocycles. The number of para-hydroxylation sites is 2. The maximum absolute atomic E-state index is 12.6. The molecule has 0 aliphatic heterocycles. The summed E-state index contributed by atoms with van der Waals surface area (Å²) in [5.74, 6) is -0.516. The van der Waals surface area contributed by atoms with Gasteiger partial charge in [0.1, 0.15) is 11.4 Å². The van der Waals surface area contributed by atoms with Crippen molar-refractivity contribution >= 4 is 26.9 Å². The van der Waals surface area contributed by atoms with Gasteiger partial charge < -0.3 is 24.8 Å². The Balaban J connectivity index is 1.61. The molecule has 0 aliphatic carbocycles. The van der Waals surface area contributed by atoms with Crippen LogP contribution in [0, 0.1) is 0 Å². The van der Waals surface area contributed by atoms with E-state index in [2.05, 4.69) is 5.32 Å². The van der Waals surface area contributed by atoms with Crippen molar-refractivity contribution in [3.8, 4) is 5.75 Å². The highest BCUT2D eigenvalue weighted by atomic mass is 32.2. The first-order valence-electron chi connectivity index (χ1n) is 13.0. The lowest BCUT2D eigenvalue weighted by atomic mass is 9.98. The number of aromatic carboxylic acids is 1. The number of sulfonamides is 1. The van der Waals surface area contributed by atoms with Crippen LogP contribution in [0.25, 0.3) is 10.9 Å². The number of alkyl halides is 3. The van der Waals surface area contributed by atoms with Crippen LogP contribution >= 0.6 is 0 Å². The molecule has 0 amide bonds. The van der Waals surface area contributed by atoms with E-state index in [9.17, 15) is 36.6 Å². The molecule has 1 heterocycles. The molecule has 1 aromatic heterocycles. The fourth-order valence-electron chi connectivity index (χ4n) is 4.76. The van der Waals surface area contributed by atoms with Crippen molar-refractivity contribution < 1.29 is 41.3 Å². The molecule has 3 aromatic carbocycles. The number of aliphatic hydroxyl groups excluding tert-OH is 1. The Kier molecular flexibility index (Phi) is 9.57. The predicted molar refractivity (Wildman–Crippen MR) is 150 cm³/mol. The first-order valence-corrected chi connectivity index (χ1v) is 14.5. The lowest BCUT2D eigenvalue weighted by Gasteiger charge is -2.23. The van der Waals surface area contributed by atoms with Gasteiger partial charge in [0.05, 0.1) is 23.6 Å². The topological polar surface area (TPSA) is 130 Å². The van der Waals surface area contributed by atoms with Crippen molar-refractivity contribution in [1.29, 1.82) is 0 Å². The summed E-state index contributed by atoms with van der Waals surface area (Å²) >= 11 is 0. The van der Waals surface area contributed by atoms with Crippen LogP contribution in [-0.2, 0) is 16.6 Å². The summed E-state index contributed by atoms with van der Waals surface area (Å²) in [4.78, 5) is 12.0. The number of aromatic nitrogens is 1. The molecule has 0 saturated heterocycles. The maximum Gasteiger partial charge on any atom is 0.470 e. The highest BCUT2D eigenvalue weighted by Crippen LogP contribution is 2.34. The molecule has 4 N–H and O–H groups in total. The van der Waals surface area contributed by atoms with E-state index in [1.165, 1.54) is 16.7 Å². The molecule has 0 aliphatic rings. The minimum Gasteiger partial charge on any atom is -0.494 e. The van der Waals surface area contributed by atoms with Crippen molar-refractivity contribution in [2.24, 2.45) is 0 Å². The minimum absolute atomic E-state index is 0.0212. The van der Waals surface area contributed by atoms with E-state index in [1.54, 1.807) is 31.2 Å². The van der Waals surface area contributed by atoms with Gasteiger partial charge in [-0.25, -0.2) is 13.2 Å². The van der Waals surface area contributed by atoms with E-state index < -0.39 is 39.3 Å². The molecule has 2 unspecified atom stereocenters. The van der Waals surface area contributed by atoms with Crippen molar-refractivity contribution in [3.05, 3.63) is 95.7 Å². The summed E-state index contributed by atoms with van der Waals surface area (Å²) in [6.07, 6.45) is -5.52. The number of hydrogen-bond donors (Lipinski definition) is 4. The fraction of sp³-hybridized carbons (Fsp3) is 0.276. The minimum atomic E-state index is -5.13. The van der Waals surface area contributed by atoms with Crippen LogP contribution in [0.4, 0.5) is 13.2 Å². The Bertz CT molecular complexity index is 1620. The van der Waals surface area contributed by atoms with E-state index >= 15 is 0 Å². The van der Waals surface area contributed by atoms with Crippen molar-refractivity contribution in [2.45, 2.75) is 43.2 Å². The number of nitrogens with one attached hydrogen (secondary N) is 2. The molecular formula is C29H30F3N3O6S. The normalized spacial score (nSPS) is 13.6. The molecule has 13 heteroatoms. The van der Waals surface area contributed by atoms with Crippen molar-refractivity contribution in [1.82, 2.24) is 14.6 Å². The third-order valence-corrected chi connectivity index (χ3v) is 7.92. The highest BCUT2D eigenvalue weighted by Gasteiger charge is 2.35. The zero-order valence-electron chi connectivity index (χ0n) is 22.5. The molecule has 0 spiro atoms. The third-order valence-electron chi connectivity index (χ3n) is 6.53. The number of aliphatic hydroxyl groups is 1. The zero-order valence-corrected chi connectivity index (χ0v) is 23.3. The molecule has 0 radical (unpaired) electrons. The molecular weight excluding hydrogens is 575 g/mol. The van der Waals surface area contributed by atoms with E-state index in [0.717, 1.165) is 17.9 Å². The third kappa shape index (κ3) is 7.48. The molecule has 0 bridgehead atoms. The molecule has 4 aromatic rings. The van der Waals surface area contributed by atoms with Crippen molar-refractivity contribution in [2.75, 3.05) is 13.2 Å². The Morgan fingerprint density at radius 3 is 2.26 bits per heavy atom. The Morgan fingerprint density at radius 2 is 1.64 bits per heavy atom. The van der Waals surface area contributed by atoms with E-state index in [-0.39, 0.29) is 12.2 Å². The highest BCUT2D eigenvalue weighted by molar-refractivity contribution is 7.89. The van der Waals surface area contributed by atoms with Crippen molar-refractivity contribution in [3.63, 3.8) is 0 Å². The molecule has 42 heavy (non-hydrogen) atoms. The molecule has 4 rings (SSSR count). The molecule has 9 nitrogen and oxygen atoms in total. The fourth-order valence-corrected chi connectivity index (χ4v) is 5.67. The summed E-state index contributed by atoms with van der Waals surface area (Å²) in [5.41, 5.74) is 1.31. The lowest BCUT2D eigenvalue weighted by Crippen LogP contribution is -2.37. The largest absolute Gasteiger partial charge is 0.494 e. The second-order valence-corrected chi connectivity index (χ2v) is 11.3. The Labute approximate surface area is 240 Å². The number of nitrogens with zero attached hydrogens (tertiary/aromatic N) is 1. The lowest BCUT2D eigenvalue weighted by molar-refractivity contribution is -0.138. The number of hydrogen-bond acceptors (Lipinski definition) is 6. The average Bonchev–Trinajstić information content (AvgIpc) is 3.24. The smallest absolute Gasteiger partial charge is 0.470 e. The predicted octanol–water partition coefficient (Wildman–Crippen LogP) is 4.67. The van der Waals surface area contributed by atoms with Gasteiger partial charge in [-0.3, -0.25) is 0 Å². The standard InChI is InChI=1S/C29H30F3N3O6S/c1-19(36)26(33-16-7-17-41-21-8-3-2-4-9-21)25-23-10-5-6-11-24(23)35(27(25)28(37)38)18-20-12-14-22(15-13-20)42(39,40)34-29(30,31)32/h2-6,8-15,19,26,33-34,36H,7,16-18H2,1H3,(H,37,38). The second-order valence-electron chi connectivity index (χ2n) is 9.61. The summed E-state index contributed by atoms with van der Waals surface area (Å²) < 4.78 is 69.7. The Morgan fingerprint density at radius 1 is 1.00 bits per heavy atom. The average molecular weight is 606 g/mol. The maximum atomic E-state index is 12.6. The number of carboxylic acid groups (broad SMARTS) is 1. The summed E-state index contributed by atoms with van der Waals surface area (Å²) in [6, 6.07) is 20.2. The number of rotatable bonds is 13. The van der Waals surface area contributed by atoms with Crippen LogP contribution in [0.1, 0.15) is 41.0 Å². The quantitative estimate of drug-likeness (QED) is 0.129. The van der Waals surface area contributed by atoms with E-state index in [4.69, 9.17) is 4.74 Å². The van der Waals surface area contributed by atoms with Crippen LogP contribution < -0.4 is 14.8 Å². The number of halogens is 3. The van der Waals surface area contributed by atoms with Crippen LogP contribution in [0.15, 0.2) is 83.8 Å². The number of carbonyl (C=O) groups is 1. The van der Waals surface area contributed by atoms with Gasteiger partial charge in [0.25, 0.3) is 0 Å². The molecule has 224 valence electrons. The second kappa shape index (κ2) is 12.9. The SMILES string of the molecule is CC(O)C(NCCCOc1ccccc1)c1c(C(=O)O)n(Cc2ccc(S(=O)(=O)NC(F)(F)F)cc2)c2ccccc12. The number of carboxylic acids is 1. The van der Waals surface area contributed by atoms with Gasteiger partial charge >= 0.3 is 12.3 Å². The van der Waals surface area contributed by atoms with Gasteiger partial charge in [0, 0.05) is 23.0 Å². The first kappa shape index (κ1) is 31.0. The van der Waals surface area contributed by atoms with Crippen LogP contribution in [-0.4, -0.2) is 54.7 Å². The van der Waals surface area contributed by atoms with Gasteiger partial charge in [0.2, 0.25) is 10.0 Å². The van der Waals surface area contributed by atoms with Gasteiger partial charge in [-0.1, -0.05) is 48.5 Å². The van der Waals surface area contributed by atoms with Crippen LogP contribution in [0.2, 0.25) is 0 Å². The molecule has 2 atom stereocenters. The van der Waals surface area contributed by atoms with Crippen LogP contribution in [0.3, 0.4) is 0 Å². The van der Waals surface area contributed by atoms with Gasteiger partial charge in [-0.2, -0.15) is 13.2 Å². The number of ether oxygens (including phenoxy) is 1.